The number of rotatable bonds is 5. The van der Waals surface area contributed by atoms with Gasteiger partial charge in [0.05, 0.1) is 5.48 Å². The Kier molecular flexibility index (Phi) is 4.06. The van der Waals surface area contributed by atoms with E-state index in [1.807, 2.05) is 18.2 Å². The van der Waals surface area contributed by atoms with E-state index in [4.69, 9.17) is 17.7 Å². The number of thiocarbonyl (C=S) groups is 1. The van der Waals surface area contributed by atoms with Gasteiger partial charge in [-0.3, -0.25) is 0 Å². The van der Waals surface area contributed by atoms with Gasteiger partial charge in [0.2, 0.25) is 0 Å². The van der Waals surface area contributed by atoms with Crippen molar-refractivity contribution in [3.05, 3.63) is 83.4 Å². The maximum atomic E-state index is 8.82. The molecular weight excluding hydrogens is 298 g/mol. The zero-order chi connectivity index (χ0) is 19.5. The number of allylic oxidation sites excluding steroid dienone is 1. The number of nitrogens with zero attached hydrogens (tertiary/aromatic N) is 1. The lowest BCUT2D eigenvalue weighted by molar-refractivity contribution is 0.411. The summed E-state index contributed by atoms with van der Waals surface area (Å²) < 4.78 is 35.3. The van der Waals surface area contributed by atoms with E-state index in [9.17, 15) is 0 Å². The van der Waals surface area contributed by atoms with E-state index < -0.39 is 13.0 Å². The Morgan fingerprint density at radius 1 is 0.913 bits per heavy atom. The van der Waals surface area contributed by atoms with Crippen molar-refractivity contribution in [2.45, 2.75) is 38.7 Å². The van der Waals surface area contributed by atoms with Crippen LogP contribution in [0.3, 0.4) is 0 Å². The summed E-state index contributed by atoms with van der Waals surface area (Å²) in [6, 6.07) is 17.3. The third-order valence-electron chi connectivity index (χ3n) is 3.80. The lowest BCUT2D eigenvalue weighted by atomic mass is 9.98. The lowest BCUT2D eigenvalue weighted by Gasteiger charge is -2.28. The van der Waals surface area contributed by atoms with E-state index in [2.05, 4.69) is 0 Å². The molecule has 0 fully saturated rings. The minimum Gasteiger partial charge on any atom is -0.354 e. The van der Waals surface area contributed by atoms with Gasteiger partial charge in [0.15, 0.2) is 0 Å². The first-order chi connectivity index (χ1) is 12.8. The molecule has 0 unspecified atom stereocenters. The van der Waals surface area contributed by atoms with Gasteiger partial charge in [-0.2, -0.15) is 0 Å². The standard InChI is InChI=1S/C21H23NS/c23-21(20-14-8-3-9-15-20)22(16-18-10-4-1-5-11-18)17-19-12-6-2-7-13-19/h1-2,4-7,10-14H,3,8-9,15-17H2/i16D2,17D2. The van der Waals surface area contributed by atoms with Crippen molar-refractivity contribution in [2.75, 3.05) is 0 Å². The highest BCUT2D eigenvalue weighted by Gasteiger charge is 2.16. The summed E-state index contributed by atoms with van der Waals surface area (Å²) in [5.41, 5.74) is 1.61. The van der Waals surface area contributed by atoms with Gasteiger partial charge in [-0.05, 0) is 42.4 Å². The van der Waals surface area contributed by atoms with Crippen LogP contribution in [0.5, 0.6) is 0 Å². The van der Waals surface area contributed by atoms with Gasteiger partial charge in [-0.1, -0.05) is 79.0 Å². The lowest BCUT2D eigenvalue weighted by Crippen LogP contribution is -2.30. The molecule has 1 aliphatic rings. The Bertz CT molecular complexity index is 767. The van der Waals surface area contributed by atoms with Crippen molar-refractivity contribution in [1.29, 1.82) is 0 Å². The minimum atomic E-state index is -2.10. The molecule has 0 spiro atoms. The van der Waals surface area contributed by atoms with Crippen LogP contribution in [0.25, 0.3) is 0 Å². The molecule has 0 bridgehead atoms. The molecule has 0 N–H and O–H groups in total. The molecule has 1 nitrogen and oxygen atoms in total. The maximum absolute atomic E-state index is 8.82. The van der Waals surface area contributed by atoms with Crippen molar-refractivity contribution in [2.24, 2.45) is 0 Å². The third kappa shape index (κ3) is 4.52. The zero-order valence-electron chi connectivity index (χ0n) is 17.0. The minimum absolute atomic E-state index is 0.248. The van der Waals surface area contributed by atoms with Crippen LogP contribution in [0, 0.1) is 0 Å². The predicted molar refractivity (Wildman–Crippen MR) is 101 cm³/mol. The number of hydrogen-bond donors (Lipinski definition) is 0. The Labute approximate surface area is 150 Å². The summed E-state index contributed by atoms with van der Waals surface area (Å²) in [6.45, 7) is -4.20. The molecule has 0 saturated carbocycles. The molecule has 118 valence electrons. The summed E-state index contributed by atoms with van der Waals surface area (Å²) in [5, 5.41) is 0. The van der Waals surface area contributed by atoms with Gasteiger partial charge in [-0.25, -0.2) is 0 Å². The summed E-state index contributed by atoms with van der Waals surface area (Å²) in [6.07, 6.45) is 5.75. The molecule has 1 aliphatic carbocycles. The molecular formula is C21H23NS. The van der Waals surface area contributed by atoms with E-state index in [1.165, 1.54) is 0 Å². The quantitative estimate of drug-likeness (QED) is 0.666. The van der Waals surface area contributed by atoms with Crippen LogP contribution in [0.2, 0.25) is 0 Å². The van der Waals surface area contributed by atoms with Gasteiger partial charge < -0.3 is 4.90 Å². The summed E-state index contributed by atoms with van der Waals surface area (Å²) in [4.78, 5) is 1.38. The second-order valence-corrected chi connectivity index (χ2v) is 5.96. The molecule has 23 heavy (non-hydrogen) atoms. The van der Waals surface area contributed by atoms with Crippen molar-refractivity contribution in [1.82, 2.24) is 4.90 Å². The van der Waals surface area contributed by atoms with Crippen molar-refractivity contribution in [3.63, 3.8) is 0 Å². The molecule has 0 amide bonds. The largest absolute Gasteiger partial charge is 0.354 e. The second kappa shape index (κ2) is 8.07. The molecule has 2 aromatic rings. The fraction of sp³-hybridized carbons (Fsp3) is 0.286. The van der Waals surface area contributed by atoms with Crippen LogP contribution in [0.4, 0.5) is 0 Å². The zero-order valence-corrected chi connectivity index (χ0v) is 13.9. The third-order valence-corrected chi connectivity index (χ3v) is 4.24. The average Bonchev–Trinajstić information content (AvgIpc) is 2.69. The highest BCUT2D eigenvalue weighted by molar-refractivity contribution is 7.80. The average molecular weight is 326 g/mol. The van der Waals surface area contributed by atoms with Crippen molar-refractivity contribution < 1.29 is 5.48 Å². The topological polar surface area (TPSA) is 3.24 Å². The normalized spacial score (nSPS) is 18.0. The highest BCUT2D eigenvalue weighted by Crippen LogP contribution is 2.22. The summed E-state index contributed by atoms with van der Waals surface area (Å²) in [7, 11) is 0. The van der Waals surface area contributed by atoms with Gasteiger partial charge in [0, 0.05) is 13.0 Å². The van der Waals surface area contributed by atoms with Gasteiger partial charge in [0.25, 0.3) is 0 Å². The Hall–Kier alpha value is -1.93. The second-order valence-electron chi connectivity index (χ2n) is 5.57. The van der Waals surface area contributed by atoms with E-state index >= 15 is 0 Å². The van der Waals surface area contributed by atoms with Crippen LogP contribution < -0.4 is 0 Å². The van der Waals surface area contributed by atoms with Crippen LogP contribution >= 0.6 is 12.2 Å². The molecule has 2 aromatic carbocycles. The van der Waals surface area contributed by atoms with Gasteiger partial charge in [0.1, 0.15) is 4.99 Å². The number of benzene rings is 2. The van der Waals surface area contributed by atoms with E-state index in [1.54, 1.807) is 48.5 Å². The van der Waals surface area contributed by atoms with E-state index in [-0.39, 0.29) is 4.99 Å². The van der Waals surface area contributed by atoms with E-state index in [0.717, 1.165) is 36.2 Å². The molecule has 0 aliphatic heterocycles. The maximum Gasteiger partial charge on any atom is 0.105 e. The SMILES string of the molecule is [2H]C([2H])(c1ccccc1)N(C(=S)C1=CCCCC1)C([2H])([2H])c1ccccc1. The van der Waals surface area contributed by atoms with Gasteiger partial charge in [-0.15, -0.1) is 0 Å². The fourth-order valence-electron chi connectivity index (χ4n) is 2.59. The monoisotopic (exact) mass is 325 g/mol. The van der Waals surface area contributed by atoms with Crippen molar-refractivity contribution >= 4 is 17.2 Å². The molecule has 0 aromatic heterocycles. The van der Waals surface area contributed by atoms with Gasteiger partial charge >= 0.3 is 0 Å². The first-order valence-corrected chi connectivity index (χ1v) is 8.41. The summed E-state index contributed by atoms with van der Waals surface area (Å²) >= 11 is 5.67. The van der Waals surface area contributed by atoms with Crippen LogP contribution in [-0.4, -0.2) is 9.89 Å². The highest BCUT2D eigenvalue weighted by atomic mass is 32.1. The Balaban J connectivity index is 2.12. The molecule has 0 radical (unpaired) electrons. The molecule has 0 atom stereocenters. The summed E-state index contributed by atoms with van der Waals surface area (Å²) in [5.74, 6) is 0. The molecule has 0 saturated heterocycles. The van der Waals surface area contributed by atoms with Crippen LogP contribution in [0.15, 0.2) is 72.3 Å². The molecule has 0 heterocycles. The fourth-order valence-corrected chi connectivity index (χ4v) is 2.87. The number of hydrogen-bond acceptors (Lipinski definition) is 1. The Morgan fingerprint density at radius 2 is 1.48 bits per heavy atom. The first-order valence-electron chi connectivity index (χ1n) is 10.00. The van der Waals surface area contributed by atoms with Crippen LogP contribution in [-0.2, 0) is 13.0 Å². The predicted octanol–water partition coefficient (Wildman–Crippen LogP) is 5.52. The first kappa shape index (κ1) is 11.6. The Morgan fingerprint density at radius 3 is 1.96 bits per heavy atom. The molecule has 2 heteroatoms. The smallest absolute Gasteiger partial charge is 0.105 e. The van der Waals surface area contributed by atoms with Crippen molar-refractivity contribution in [3.8, 4) is 0 Å². The van der Waals surface area contributed by atoms with E-state index in [0.29, 0.717) is 11.1 Å². The van der Waals surface area contributed by atoms with Crippen LogP contribution in [0.1, 0.15) is 42.3 Å². The molecule has 3 rings (SSSR count).